The van der Waals surface area contributed by atoms with Crippen molar-refractivity contribution in [1.82, 2.24) is 25.2 Å². The molecule has 0 aliphatic rings. The van der Waals surface area contributed by atoms with E-state index in [2.05, 4.69) is 25.8 Å². The van der Waals surface area contributed by atoms with Gasteiger partial charge in [0.05, 0.1) is 5.69 Å². The molecule has 100 valence electrons. The van der Waals surface area contributed by atoms with Crippen LogP contribution >= 0.6 is 11.3 Å². The molecule has 0 saturated heterocycles. The summed E-state index contributed by atoms with van der Waals surface area (Å²) in [7, 11) is 0. The zero-order chi connectivity index (χ0) is 13.9. The van der Waals surface area contributed by atoms with Crippen molar-refractivity contribution in [2.75, 3.05) is 11.1 Å². The molecule has 0 fully saturated rings. The Morgan fingerprint density at radius 3 is 3.00 bits per heavy atom. The third-order valence-electron chi connectivity index (χ3n) is 2.47. The molecule has 0 bridgehead atoms. The SMILES string of the molecule is Nc1nc(C(=O)Nc2cccc(-n3cnnn3)c2)cs1. The molecule has 1 aromatic carbocycles. The van der Waals surface area contributed by atoms with Gasteiger partial charge in [-0.2, -0.15) is 0 Å². The summed E-state index contributed by atoms with van der Waals surface area (Å²) in [4.78, 5) is 15.9. The van der Waals surface area contributed by atoms with E-state index in [0.29, 0.717) is 16.5 Å². The van der Waals surface area contributed by atoms with E-state index in [1.54, 1.807) is 23.6 Å². The fourth-order valence-corrected chi connectivity index (χ4v) is 2.14. The van der Waals surface area contributed by atoms with Crippen LogP contribution < -0.4 is 11.1 Å². The lowest BCUT2D eigenvalue weighted by Crippen LogP contribution is -2.12. The molecule has 3 N–H and O–H groups in total. The van der Waals surface area contributed by atoms with Gasteiger partial charge in [0, 0.05) is 11.1 Å². The van der Waals surface area contributed by atoms with E-state index < -0.39 is 0 Å². The molecule has 3 aromatic rings. The normalized spacial score (nSPS) is 10.4. The number of nitrogen functional groups attached to an aromatic ring is 1. The maximum Gasteiger partial charge on any atom is 0.275 e. The molecule has 1 amide bonds. The van der Waals surface area contributed by atoms with E-state index in [1.807, 2.05) is 6.07 Å². The predicted molar refractivity (Wildman–Crippen MR) is 73.6 cm³/mol. The van der Waals surface area contributed by atoms with Crippen molar-refractivity contribution in [3.63, 3.8) is 0 Å². The maximum absolute atomic E-state index is 12.0. The highest BCUT2D eigenvalue weighted by Crippen LogP contribution is 2.16. The Labute approximate surface area is 117 Å². The van der Waals surface area contributed by atoms with E-state index in [4.69, 9.17) is 5.73 Å². The van der Waals surface area contributed by atoms with Gasteiger partial charge in [-0.3, -0.25) is 4.79 Å². The van der Waals surface area contributed by atoms with Gasteiger partial charge in [0.25, 0.3) is 5.91 Å². The summed E-state index contributed by atoms with van der Waals surface area (Å²) < 4.78 is 1.50. The van der Waals surface area contributed by atoms with Crippen LogP contribution in [0.5, 0.6) is 0 Å². The molecule has 20 heavy (non-hydrogen) atoms. The molecule has 2 aromatic heterocycles. The smallest absolute Gasteiger partial charge is 0.275 e. The molecule has 0 aliphatic carbocycles. The second-order valence-corrected chi connectivity index (χ2v) is 4.72. The minimum Gasteiger partial charge on any atom is -0.375 e. The van der Waals surface area contributed by atoms with Crippen molar-refractivity contribution in [3.8, 4) is 5.69 Å². The summed E-state index contributed by atoms with van der Waals surface area (Å²) in [6, 6.07) is 7.14. The Bertz CT molecular complexity index is 737. The minimum absolute atomic E-state index is 0.292. The van der Waals surface area contributed by atoms with Gasteiger partial charge in [0.15, 0.2) is 5.13 Å². The topological polar surface area (TPSA) is 112 Å². The zero-order valence-electron chi connectivity index (χ0n) is 10.1. The van der Waals surface area contributed by atoms with Crippen LogP contribution in [0.1, 0.15) is 10.5 Å². The molecule has 0 radical (unpaired) electrons. The zero-order valence-corrected chi connectivity index (χ0v) is 10.9. The highest BCUT2D eigenvalue weighted by atomic mass is 32.1. The first kappa shape index (κ1) is 12.2. The number of hydrogen-bond acceptors (Lipinski definition) is 7. The summed E-state index contributed by atoms with van der Waals surface area (Å²) >= 11 is 1.22. The van der Waals surface area contributed by atoms with Gasteiger partial charge in [0.1, 0.15) is 12.0 Å². The third kappa shape index (κ3) is 2.47. The molecule has 0 saturated carbocycles. The molecule has 9 heteroatoms. The van der Waals surface area contributed by atoms with Crippen LogP contribution in [0.2, 0.25) is 0 Å². The van der Waals surface area contributed by atoms with E-state index in [9.17, 15) is 4.79 Å². The van der Waals surface area contributed by atoms with Crippen LogP contribution in [0.3, 0.4) is 0 Å². The number of benzene rings is 1. The Morgan fingerprint density at radius 2 is 2.30 bits per heavy atom. The lowest BCUT2D eigenvalue weighted by molar-refractivity contribution is 0.102. The number of anilines is 2. The highest BCUT2D eigenvalue weighted by molar-refractivity contribution is 7.13. The first-order chi connectivity index (χ1) is 9.72. The van der Waals surface area contributed by atoms with Crippen LogP contribution in [0.4, 0.5) is 10.8 Å². The number of nitrogens with two attached hydrogens (primary N) is 1. The van der Waals surface area contributed by atoms with Crippen LogP contribution in [0, 0.1) is 0 Å². The van der Waals surface area contributed by atoms with Crippen molar-refractivity contribution in [2.24, 2.45) is 0 Å². The summed E-state index contributed by atoms with van der Waals surface area (Å²) in [5.41, 5.74) is 7.15. The van der Waals surface area contributed by atoms with E-state index in [0.717, 1.165) is 5.69 Å². The van der Waals surface area contributed by atoms with Crippen molar-refractivity contribution in [3.05, 3.63) is 41.7 Å². The lowest BCUT2D eigenvalue weighted by atomic mass is 10.2. The van der Waals surface area contributed by atoms with Crippen LogP contribution in [-0.2, 0) is 0 Å². The van der Waals surface area contributed by atoms with Gasteiger partial charge in [-0.1, -0.05) is 6.07 Å². The van der Waals surface area contributed by atoms with E-state index in [1.165, 1.54) is 22.3 Å². The number of carbonyl (C=O) groups is 1. The van der Waals surface area contributed by atoms with Gasteiger partial charge in [-0.05, 0) is 28.6 Å². The van der Waals surface area contributed by atoms with E-state index in [-0.39, 0.29) is 5.91 Å². The Kier molecular flexibility index (Phi) is 3.09. The number of carbonyl (C=O) groups excluding carboxylic acids is 1. The second kappa shape index (κ2) is 5.05. The van der Waals surface area contributed by atoms with Crippen molar-refractivity contribution < 1.29 is 4.79 Å². The molecule has 8 nitrogen and oxygen atoms in total. The molecular formula is C11H9N7OS. The number of aromatic nitrogens is 5. The molecule has 3 rings (SSSR count). The molecule has 0 unspecified atom stereocenters. The summed E-state index contributed by atoms with van der Waals surface area (Å²) in [5.74, 6) is -0.313. The maximum atomic E-state index is 12.0. The van der Waals surface area contributed by atoms with Gasteiger partial charge in [-0.15, -0.1) is 16.4 Å². The standard InChI is InChI=1S/C11H9N7OS/c12-11-15-9(5-20-11)10(19)14-7-2-1-3-8(4-7)18-6-13-16-17-18/h1-6H,(H2,12,15)(H,14,19). The van der Waals surface area contributed by atoms with Crippen molar-refractivity contribution in [1.29, 1.82) is 0 Å². The van der Waals surface area contributed by atoms with Crippen molar-refractivity contribution in [2.45, 2.75) is 0 Å². The monoisotopic (exact) mass is 287 g/mol. The highest BCUT2D eigenvalue weighted by Gasteiger charge is 2.10. The number of tetrazole rings is 1. The van der Waals surface area contributed by atoms with Gasteiger partial charge < -0.3 is 11.1 Å². The van der Waals surface area contributed by atoms with Crippen LogP contribution in [0.15, 0.2) is 36.0 Å². The number of nitrogens with zero attached hydrogens (tertiary/aromatic N) is 5. The average molecular weight is 287 g/mol. The number of rotatable bonds is 3. The Morgan fingerprint density at radius 1 is 1.40 bits per heavy atom. The van der Waals surface area contributed by atoms with Gasteiger partial charge >= 0.3 is 0 Å². The summed E-state index contributed by atoms with van der Waals surface area (Å²) in [5, 5.41) is 15.6. The summed E-state index contributed by atoms with van der Waals surface area (Å²) in [6.07, 6.45) is 1.47. The molecule has 2 heterocycles. The van der Waals surface area contributed by atoms with Crippen LogP contribution in [0.25, 0.3) is 5.69 Å². The van der Waals surface area contributed by atoms with E-state index >= 15 is 0 Å². The molecule has 0 aliphatic heterocycles. The Hall–Kier alpha value is -2.81. The number of amides is 1. The fourth-order valence-electron chi connectivity index (χ4n) is 1.59. The lowest BCUT2D eigenvalue weighted by Gasteiger charge is -2.05. The number of thiazole rings is 1. The van der Waals surface area contributed by atoms with Crippen molar-refractivity contribution >= 4 is 28.1 Å². The first-order valence-corrected chi connectivity index (χ1v) is 6.46. The molecule has 0 atom stereocenters. The molecule has 0 spiro atoms. The fraction of sp³-hybridized carbons (Fsp3) is 0. The van der Waals surface area contributed by atoms with Crippen LogP contribution in [-0.4, -0.2) is 31.1 Å². The first-order valence-electron chi connectivity index (χ1n) is 5.58. The third-order valence-corrected chi connectivity index (χ3v) is 3.15. The number of hydrogen-bond donors (Lipinski definition) is 2. The number of nitrogens with one attached hydrogen (secondary N) is 1. The minimum atomic E-state index is -0.313. The second-order valence-electron chi connectivity index (χ2n) is 3.83. The molecular weight excluding hydrogens is 278 g/mol. The van der Waals surface area contributed by atoms with Gasteiger partial charge in [-0.25, -0.2) is 9.67 Å². The average Bonchev–Trinajstić information content (AvgIpc) is 3.10. The quantitative estimate of drug-likeness (QED) is 0.742. The summed E-state index contributed by atoms with van der Waals surface area (Å²) in [6.45, 7) is 0. The predicted octanol–water partition coefficient (Wildman–Crippen LogP) is 0.953. The largest absolute Gasteiger partial charge is 0.375 e. The van der Waals surface area contributed by atoms with Gasteiger partial charge in [0.2, 0.25) is 0 Å². The Balaban J connectivity index is 1.81.